The maximum atomic E-state index is 13.5. The molecule has 0 aliphatic heterocycles. The summed E-state index contributed by atoms with van der Waals surface area (Å²) in [5.41, 5.74) is 0.951. The quantitative estimate of drug-likeness (QED) is 0.857. The average Bonchev–Trinajstić information content (AvgIpc) is 2.51. The van der Waals surface area contributed by atoms with Crippen LogP contribution in [0.5, 0.6) is 5.75 Å². The fourth-order valence-electron chi connectivity index (χ4n) is 1.80. The molecule has 2 N–H and O–H groups in total. The Bertz CT molecular complexity index is 654. The van der Waals surface area contributed by atoms with Gasteiger partial charge in [-0.05, 0) is 24.3 Å². The summed E-state index contributed by atoms with van der Waals surface area (Å²) in [4.78, 5) is 15.8. The molecule has 23 heavy (non-hydrogen) atoms. The number of rotatable bonds is 6. The molecular weight excluding hydrogens is 311 g/mol. The standard InChI is InChI=1S/C15H14F3N3O2/c16-12-9-11(4-5-13(12)23-14(17)18)21-15(22)20-8-6-10-3-1-2-7-19-10/h1-5,7,9,14H,6,8H2,(H2,20,21,22). The van der Waals surface area contributed by atoms with Crippen LogP contribution >= 0.6 is 0 Å². The van der Waals surface area contributed by atoms with Crippen LogP contribution in [0.4, 0.5) is 23.7 Å². The molecule has 8 heteroatoms. The number of carbonyl (C=O) groups excluding carboxylic acids is 1. The summed E-state index contributed by atoms with van der Waals surface area (Å²) >= 11 is 0. The number of pyridine rings is 1. The summed E-state index contributed by atoms with van der Waals surface area (Å²) in [7, 11) is 0. The van der Waals surface area contributed by atoms with Crippen molar-refractivity contribution in [2.45, 2.75) is 13.0 Å². The normalized spacial score (nSPS) is 10.4. The van der Waals surface area contributed by atoms with Gasteiger partial charge in [0, 0.05) is 36.6 Å². The van der Waals surface area contributed by atoms with E-state index < -0.39 is 24.2 Å². The fraction of sp³-hybridized carbons (Fsp3) is 0.200. The zero-order chi connectivity index (χ0) is 16.7. The minimum Gasteiger partial charge on any atom is -0.432 e. The third-order valence-electron chi connectivity index (χ3n) is 2.80. The van der Waals surface area contributed by atoms with Crippen LogP contribution in [0.25, 0.3) is 0 Å². The van der Waals surface area contributed by atoms with Crippen molar-refractivity contribution in [3.8, 4) is 5.75 Å². The Labute approximate surface area is 130 Å². The van der Waals surface area contributed by atoms with Crippen molar-refractivity contribution >= 4 is 11.7 Å². The molecule has 0 atom stereocenters. The first-order valence-electron chi connectivity index (χ1n) is 6.73. The molecule has 1 aromatic heterocycles. The zero-order valence-electron chi connectivity index (χ0n) is 11.9. The average molecular weight is 325 g/mol. The van der Waals surface area contributed by atoms with E-state index in [1.54, 1.807) is 12.3 Å². The smallest absolute Gasteiger partial charge is 0.387 e. The number of nitrogens with zero attached hydrogens (tertiary/aromatic N) is 1. The van der Waals surface area contributed by atoms with E-state index in [1.165, 1.54) is 6.07 Å². The molecule has 0 saturated heterocycles. The van der Waals surface area contributed by atoms with Crippen molar-refractivity contribution in [3.63, 3.8) is 0 Å². The van der Waals surface area contributed by atoms with Gasteiger partial charge in [-0.15, -0.1) is 0 Å². The molecule has 1 aromatic carbocycles. The van der Waals surface area contributed by atoms with Crippen LogP contribution in [0, 0.1) is 5.82 Å². The second-order valence-corrected chi connectivity index (χ2v) is 4.48. The number of aromatic nitrogens is 1. The van der Waals surface area contributed by atoms with E-state index in [2.05, 4.69) is 20.4 Å². The van der Waals surface area contributed by atoms with E-state index >= 15 is 0 Å². The Kier molecular flexibility index (Phi) is 5.79. The topological polar surface area (TPSA) is 63.2 Å². The second kappa shape index (κ2) is 8.02. The number of hydrogen-bond donors (Lipinski definition) is 2. The van der Waals surface area contributed by atoms with E-state index in [1.807, 2.05) is 12.1 Å². The van der Waals surface area contributed by atoms with Crippen LogP contribution in [0.1, 0.15) is 5.69 Å². The van der Waals surface area contributed by atoms with Gasteiger partial charge in [-0.2, -0.15) is 8.78 Å². The lowest BCUT2D eigenvalue weighted by Crippen LogP contribution is -2.30. The SMILES string of the molecule is O=C(NCCc1ccccn1)Nc1ccc(OC(F)F)c(F)c1. The van der Waals surface area contributed by atoms with Crippen molar-refractivity contribution < 1.29 is 22.7 Å². The lowest BCUT2D eigenvalue weighted by Gasteiger charge is -2.10. The maximum absolute atomic E-state index is 13.5. The predicted molar refractivity (Wildman–Crippen MR) is 78.0 cm³/mol. The van der Waals surface area contributed by atoms with Crippen LogP contribution in [-0.4, -0.2) is 24.2 Å². The molecule has 0 fully saturated rings. The van der Waals surface area contributed by atoms with Crippen LogP contribution in [-0.2, 0) is 6.42 Å². The van der Waals surface area contributed by atoms with E-state index in [0.717, 1.165) is 17.8 Å². The number of halogens is 3. The summed E-state index contributed by atoms with van der Waals surface area (Å²) in [6.07, 6.45) is 2.20. The number of carbonyl (C=O) groups is 1. The molecule has 2 rings (SSSR count). The monoisotopic (exact) mass is 325 g/mol. The summed E-state index contributed by atoms with van der Waals surface area (Å²) in [6.45, 7) is -2.77. The fourth-order valence-corrected chi connectivity index (χ4v) is 1.80. The summed E-state index contributed by atoms with van der Waals surface area (Å²) in [6, 6.07) is 8.10. The van der Waals surface area contributed by atoms with Crippen LogP contribution in [0.3, 0.4) is 0 Å². The van der Waals surface area contributed by atoms with E-state index in [4.69, 9.17) is 0 Å². The van der Waals surface area contributed by atoms with Gasteiger partial charge in [0.05, 0.1) is 0 Å². The van der Waals surface area contributed by atoms with Gasteiger partial charge in [-0.25, -0.2) is 9.18 Å². The number of nitrogens with one attached hydrogen (secondary N) is 2. The van der Waals surface area contributed by atoms with Crippen molar-refractivity contribution in [1.29, 1.82) is 0 Å². The van der Waals surface area contributed by atoms with Gasteiger partial charge >= 0.3 is 12.6 Å². The van der Waals surface area contributed by atoms with E-state index in [-0.39, 0.29) is 5.69 Å². The highest BCUT2D eigenvalue weighted by Gasteiger charge is 2.11. The Morgan fingerprint density at radius 3 is 2.74 bits per heavy atom. The summed E-state index contributed by atoms with van der Waals surface area (Å²) in [5.74, 6) is -1.57. The molecule has 0 aliphatic rings. The molecule has 0 radical (unpaired) electrons. The number of urea groups is 1. The number of anilines is 1. The number of alkyl halides is 2. The van der Waals surface area contributed by atoms with Gasteiger partial charge in [0.2, 0.25) is 0 Å². The highest BCUT2D eigenvalue weighted by molar-refractivity contribution is 5.89. The second-order valence-electron chi connectivity index (χ2n) is 4.48. The number of ether oxygens (including phenoxy) is 1. The third-order valence-corrected chi connectivity index (χ3v) is 2.80. The lowest BCUT2D eigenvalue weighted by molar-refractivity contribution is -0.0521. The Morgan fingerprint density at radius 2 is 2.09 bits per heavy atom. The molecular formula is C15H14F3N3O2. The first-order chi connectivity index (χ1) is 11.0. The largest absolute Gasteiger partial charge is 0.432 e. The number of amides is 2. The number of benzene rings is 1. The van der Waals surface area contributed by atoms with Gasteiger partial charge in [0.15, 0.2) is 11.6 Å². The molecule has 122 valence electrons. The minimum absolute atomic E-state index is 0.124. The van der Waals surface area contributed by atoms with Gasteiger partial charge in [-0.3, -0.25) is 4.98 Å². The third kappa shape index (κ3) is 5.50. The minimum atomic E-state index is -3.11. The lowest BCUT2D eigenvalue weighted by atomic mass is 10.3. The molecule has 0 unspecified atom stereocenters. The van der Waals surface area contributed by atoms with Gasteiger partial charge in [-0.1, -0.05) is 6.07 Å². The molecule has 0 saturated carbocycles. The van der Waals surface area contributed by atoms with Crippen molar-refractivity contribution in [3.05, 3.63) is 54.1 Å². The molecule has 5 nitrogen and oxygen atoms in total. The van der Waals surface area contributed by atoms with Crippen molar-refractivity contribution in [2.24, 2.45) is 0 Å². The molecule has 2 aromatic rings. The molecule has 2 amide bonds. The first-order valence-corrected chi connectivity index (χ1v) is 6.73. The summed E-state index contributed by atoms with van der Waals surface area (Å²) in [5, 5.41) is 4.98. The molecule has 0 bridgehead atoms. The van der Waals surface area contributed by atoms with Gasteiger partial charge < -0.3 is 15.4 Å². The molecule has 0 aliphatic carbocycles. The van der Waals surface area contributed by atoms with Crippen molar-refractivity contribution in [1.82, 2.24) is 10.3 Å². The zero-order valence-corrected chi connectivity index (χ0v) is 11.9. The van der Waals surface area contributed by atoms with E-state index in [0.29, 0.717) is 13.0 Å². The highest BCUT2D eigenvalue weighted by atomic mass is 19.3. The first kappa shape index (κ1) is 16.6. The predicted octanol–water partition coefficient (Wildman–Crippen LogP) is 3.19. The Balaban J connectivity index is 1.82. The van der Waals surface area contributed by atoms with E-state index in [9.17, 15) is 18.0 Å². The van der Waals surface area contributed by atoms with Gasteiger partial charge in [0.25, 0.3) is 0 Å². The molecule has 1 heterocycles. The summed E-state index contributed by atoms with van der Waals surface area (Å²) < 4.78 is 41.5. The van der Waals surface area contributed by atoms with Crippen molar-refractivity contribution in [2.75, 3.05) is 11.9 Å². The van der Waals surface area contributed by atoms with Gasteiger partial charge in [0.1, 0.15) is 0 Å². The Hall–Kier alpha value is -2.77. The number of hydrogen-bond acceptors (Lipinski definition) is 3. The van der Waals surface area contributed by atoms with Crippen LogP contribution in [0.2, 0.25) is 0 Å². The maximum Gasteiger partial charge on any atom is 0.387 e. The highest BCUT2D eigenvalue weighted by Crippen LogP contribution is 2.22. The molecule has 0 spiro atoms. The Morgan fingerprint density at radius 1 is 1.26 bits per heavy atom. The van der Waals surface area contributed by atoms with Crippen LogP contribution in [0.15, 0.2) is 42.6 Å². The van der Waals surface area contributed by atoms with Crippen LogP contribution < -0.4 is 15.4 Å².